The van der Waals surface area contributed by atoms with Gasteiger partial charge in [0.05, 0.1) is 17.9 Å². The molecule has 8 nitrogen and oxygen atoms in total. The van der Waals surface area contributed by atoms with E-state index in [1.165, 1.54) is 11.3 Å². The zero-order chi connectivity index (χ0) is 22.5. The number of aryl methyl sites for hydroxylation is 2. The molecule has 170 valence electrons. The Morgan fingerprint density at radius 2 is 1.97 bits per heavy atom. The maximum atomic E-state index is 5.82. The third-order valence-electron chi connectivity index (χ3n) is 5.79. The minimum Gasteiger partial charge on any atom is -0.372 e. The second kappa shape index (κ2) is 10.1. The van der Waals surface area contributed by atoms with Crippen molar-refractivity contribution in [3.8, 4) is 0 Å². The van der Waals surface area contributed by atoms with Crippen LogP contribution in [0.1, 0.15) is 43.3 Å². The number of nitrogens with zero attached hydrogens (tertiary/aromatic N) is 5. The Morgan fingerprint density at radius 1 is 1.26 bits per heavy atom. The monoisotopic (exact) mass is 427 g/mol. The molecule has 3 atom stereocenters. The number of pyridine rings is 1. The van der Waals surface area contributed by atoms with E-state index in [2.05, 4.69) is 77.4 Å². The van der Waals surface area contributed by atoms with Crippen LogP contribution < -0.4 is 15.5 Å². The van der Waals surface area contributed by atoms with Gasteiger partial charge in [0.25, 0.3) is 0 Å². The molecule has 0 amide bonds. The zero-order valence-corrected chi connectivity index (χ0v) is 19.9. The standard InChI is InChI=1S/C23H37N7O/c1-15(10-21-18(4)28-29(7)19(21)5)27-23(24-6)26-12-20-8-9-22(25-11-20)30-13-16(2)31-17(3)14-30/h8-9,11,15-17H,10,12-14H2,1-7H3,(H2,24,26,27). The van der Waals surface area contributed by atoms with Gasteiger partial charge in [-0.25, -0.2) is 4.98 Å². The fraction of sp³-hybridized carbons (Fsp3) is 0.609. The average molecular weight is 428 g/mol. The smallest absolute Gasteiger partial charge is 0.191 e. The van der Waals surface area contributed by atoms with Crippen LogP contribution in [0.2, 0.25) is 0 Å². The van der Waals surface area contributed by atoms with Gasteiger partial charge < -0.3 is 20.3 Å². The predicted molar refractivity (Wildman–Crippen MR) is 126 cm³/mol. The summed E-state index contributed by atoms with van der Waals surface area (Å²) in [5, 5.41) is 11.4. The van der Waals surface area contributed by atoms with Crippen LogP contribution in [0.25, 0.3) is 0 Å². The lowest BCUT2D eigenvalue weighted by molar-refractivity contribution is -0.00545. The quantitative estimate of drug-likeness (QED) is 0.544. The molecule has 0 radical (unpaired) electrons. The van der Waals surface area contributed by atoms with Gasteiger partial charge in [-0.2, -0.15) is 5.10 Å². The second-order valence-corrected chi connectivity index (χ2v) is 8.64. The number of hydrogen-bond donors (Lipinski definition) is 2. The van der Waals surface area contributed by atoms with Gasteiger partial charge in [-0.1, -0.05) is 6.07 Å². The molecule has 2 aromatic heterocycles. The summed E-state index contributed by atoms with van der Waals surface area (Å²) in [5.41, 5.74) is 4.72. The molecule has 1 fully saturated rings. The van der Waals surface area contributed by atoms with Crippen LogP contribution in [0.4, 0.5) is 5.82 Å². The summed E-state index contributed by atoms with van der Waals surface area (Å²) < 4.78 is 7.76. The Hall–Kier alpha value is -2.61. The number of rotatable bonds is 6. The molecule has 3 heterocycles. The van der Waals surface area contributed by atoms with Crippen molar-refractivity contribution >= 4 is 11.8 Å². The molecule has 2 N–H and O–H groups in total. The summed E-state index contributed by atoms with van der Waals surface area (Å²) in [6.07, 6.45) is 3.29. The molecule has 3 unspecified atom stereocenters. The first kappa shape index (κ1) is 23.1. The van der Waals surface area contributed by atoms with Crippen LogP contribution >= 0.6 is 0 Å². The summed E-state index contributed by atoms with van der Waals surface area (Å²) in [7, 11) is 3.79. The summed E-state index contributed by atoms with van der Waals surface area (Å²) in [6, 6.07) is 4.45. The van der Waals surface area contributed by atoms with Gasteiger partial charge in [0, 0.05) is 51.7 Å². The van der Waals surface area contributed by atoms with Gasteiger partial charge in [-0.05, 0) is 58.2 Å². The van der Waals surface area contributed by atoms with Gasteiger partial charge in [0.15, 0.2) is 5.96 Å². The second-order valence-electron chi connectivity index (χ2n) is 8.64. The van der Waals surface area contributed by atoms with Crippen molar-refractivity contribution in [1.82, 2.24) is 25.4 Å². The Morgan fingerprint density at radius 3 is 2.52 bits per heavy atom. The van der Waals surface area contributed by atoms with Crippen molar-refractivity contribution in [2.24, 2.45) is 12.0 Å². The topological polar surface area (TPSA) is 79.6 Å². The molecule has 1 aliphatic heterocycles. The molecule has 2 aromatic rings. The van der Waals surface area contributed by atoms with E-state index in [-0.39, 0.29) is 18.2 Å². The first-order valence-electron chi connectivity index (χ1n) is 11.1. The Bertz CT molecular complexity index is 880. The van der Waals surface area contributed by atoms with Crippen LogP contribution in [0.15, 0.2) is 23.3 Å². The lowest BCUT2D eigenvalue weighted by Gasteiger charge is -2.36. The summed E-state index contributed by atoms with van der Waals surface area (Å²) >= 11 is 0. The number of ether oxygens (including phenoxy) is 1. The van der Waals surface area contributed by atoms with Crippen molar-refractivity contribution in [3.63, 3.8) is 0 Å². The van der Waals surface area contributed by atoms with Crippen LogP contribution in [0.5, 0.6) is 0 Å². The fourth-order valence-electron chi connectivity index (χ4n) is 4.16. The van der Waals surface area contributed by atoms with Gasteiger partial charge >= 0.3 is 0 Å². The SMILES string of the molecule is CN=C(NCc1ccc(N2CC(C)OC(C)C2)nc1)NC(C)Cc1c(C)nn(C)c1C. The van der Waals surface area contributed by atoms with E-state index in [1.807, 2.05) is 17.9 Å². The molecular formula is C23H37N7O. The number of nitrogens with one attached hydrogen (secondary N) is 2. The van der Waals surface area contributed by atoms with E-state index in [4.69, 9.17) is 4.74 Å². The molecule has 0 saturated carbocycles. The predicted octanol–water partition coefficient (Wildman–Crippen LogP) is 2.34. The Kier molecular flexibility index (Phi) is 7.54. The highest BCUT2D eigenvalue weighted by atomic mass is 16.5. The first-order valence-corrected chi connectivity index (χ1v) is 11.1. The van der Waals surface area contributed by atoms with Gasteiger partial charge in [0.1, 0.15) is 5.82 Å². The normalized spacial score (nSPS) is 20.6. The number of guanidine groups is 1. The van der Waals surface area contributed by atoms with Gasteiger partial charge in [0.2, 0.25) is 0 Å². The Labute approximate surface area is 186 Å². The van der Waals surface area contributed by atoms with Gasteiger partial charge in [-0.3, -0.25) is 9.67 Å². The molecule has 1 aliphatic rings. The average Bonchev–Trinajstić information content (AvgIpc) is 2.96. The number of aromatic nitrogens is 3. The van der Waals surface area contributed by atoms with Gasteiger partial charge in [-0.15, -0.1) is 0 Å². The molecule has 0 aliphatic carbocycles. The first-order chi connectivity index (χ1) is 14.8. The van der Waals surface area contributed by atoms with E-state index in [0.29, 0.717) is 6.54 Å². The van der Waals surface area contributed by atoms with E-state index in [0.717, 1.165) is 42.5 Å². The maximum absolute atomic E-state index is 5.82. The van der Waals surface area contributed by atoms with E-state index < -0.39 is 0 Å². The molecule has 0 aromatic carbocycles. The highest BCUT2D eigenvalue weighted by molar-refractivity contribution is 5.79. The molecular weight excluding hydrogens is 390 g/mol. The van der Waals surface area contributed by atoms with Crippen molar-refractivity contribution in [2.75, 3.05) is 25.0 Å². The molecule has 0 bridgehead atoms. The molecule has 0 spiro atoms. The van der Waals surface area contributed by atoms with Crippen molar-refractivity contribution in [1.29, 1.82) is 0 Å². The maximum Gasteiger partial charge on any atom is 0.191 e. The van der Waals surface area contributed by atoms with Crippen molar-refractivity contribution < 1.29 is 4.74 Å². The summed E-state index contributed by atoms with van der Waals surface area (Å²) in [4.78, 5) is 11.3. The van der Waals surface area contributed by atoms with Crippen LogP contribution in [-0.4, -0.2) is 59.1 Å². The largest absolute Gasteiger partial charge is 0.372 e. The highest BCUT2D eigenvalue weighted by Crippen LogP contribution is 2.18. The lowest BCUT2D eigenvalue weighted by Crippen LogP contribution is -2.45. The fourth-order valence-corrected chi connectivity index (χ4v) is 4.16. The zero-order valence-electron chi connectivity index (χ0n) is 19.9. The van der Waals surface area contributed by atoms with Crippen LogP contribution in [0, 0.1) is 13.8 Å². The van der Waals surface area contributed by atoms with Crippen molar-refractivity contribution in [3.05, 3.63) is 40.8 Å². The van der Waals surface area contributed by atoms with E-state index >= 15 is 0 Å². The molecule has 1 saturated heterocycles. The molecule has 31 heavy (non-hydrogen) atoms. The summed E-state index contributed by atoms with van der Waals surface area (Å²) in [6.45, 7) is 13.0. The van der Waals surface area contributed by atoms with Crippen LogP contribution in [-0.2, 0) is 24.8 Å². The summed E-state index contributed by atoms with van der Waals surface area (Å²) in [5.74, 6) is 1.79. The third-order valence-corrected chi connectivity index (χ3v) is 5.79. The lowest BCUT2D eigenvalue weighted by atomic mass is 10.1. The van der Waals surface area contributed by atoms with Crippen LogP contribution in [0.3, 0.4) is 0 Å². The molecule has 8 heteroatoms. The minimum absolute atomic E-state index is 0.225. The number of hydrogen-bond acceptors (Lipinski definition) is 5. The number of anilines is 1. The Balaban J connectivity index is 1.52. The minimum atomic E-state index is 0.225. The highest BCUT2D eigenvalue weighted by Gasteiger charge is 2.23. The van der Waals surface area contributed by atoms with E-state index in [1.54, 1.807) is 7.05 Å². The molecule has 3 rings (SSSR count). The van der Waals surface area contributed by atoms with E-state index in [9.17, 15) is 0 Å². The third kappa shape index (κ3) is 5.97. The number of morpholine rings is 1. The van der Waals surface area contributed by atoms with Crippen molar-refractivity contribution in [2.45, 2.75) is 65.8 Å². The number of aliphatic imine (C=N–C) groups is 1.